The minimum Gasteiger partial charge on any atom is -0.492 e. The molecule has 0 unspecified atom stereocenters. The van der Waals surface area contributed by atoms with Gasteiger partial charge in [-0.25, -0.2) is 4.39 Å². The maximum atomic E-state index is 13.9. The van der Waals surface area contributed by atoms with E-state index in [0.717, 1.165) is 6.54 Å². The maximum absolute atomic E-state index is 13.9. The van der Waals surface area contributed by atoms with Gasteiger partial charge in [-0.2, -0.15) is 5.26 Å². The number of aromatic nitrogens is 2. The van der Waals surface area contributed by atoms with E-state index in [9.17, 15) is 14.4 Å². The molecule has 2 aromatic carbocycles. The highest BCUT2D eigenvalue weighted by Crippen LogP contribution is 2.37. The Hall–Kier alpha value is -4.46. The largest absolute Gasteiger partial charge is 0.492 e. The van der Waals surface area contributed by atoms with E-state index < -0.39 is 5.82 Å². The van der Waals surface area contributed by atoms with Gasteiger partial charge < -0.3 is 25.0 Å². The molecule has 0 saturated heterocycles. The number of amides is 1. The van der Waals surface area contributed by atoms with E-state index in [0.29, 0.717) is 64.5 Å². The van der Waals surface area contributed by atoms with Crippen LogP contribution in [0.3, 0.4) is 0 Å². The number of hydrogen-bond acceptors (Lipinski definition) is 8. The van der Waals surface area contributed by atoms with Gasteiger partial charge >= 0.3 is 0 Å². The lowest BCUT2D eigenvalue weighted by Gasteiger charge is -2.17. The Morgan fingerprint density at radius 2 is 1.98 bits per heavy atom. The second kappa shape index (κ2) is 13.7. The summed E-state index contributed by atoms with van der Waals surface area (Å²) in [5.74, 6) is 0.229. The molecule has 0 radical (unpaired) electrons. The standard InChI is InChI=1S/C30H30ClFN6O3/c1-4-40-28-15-24-21(14-25(28)37-29(39)8-6-12-38(2)3)30(19(16-33)17-35-24)36-20-9-10-27(22(31)13-20)41-18-26-23(32)7-5-11-34-26/h5,7,9-11,13-15,17H,4,6,8,12,18H2,1-3H3,(H,35,36)(H,37,39). The van der Waals surface area contributed by atoms with Crippen LogP contribution in [0, 0.1) is 17.1 Å². The molecule has 2 heterocycles. The van der Waals surface area contributed by atoms with E-state index in [1.54, 1.807) is 30.3 Å². The maximum Gasteiger partial charge on any atom is 0.224 e. The number of fused-ring (bicyclic) bond motifs is 1. The molecule has 212 valence electrons. The summed E-state index contributed by atoms with van der Waals surface area (Å²) in [7, 11) is 3.92. The fourth-order valence-electron chi connectivity index (χ4n) is 4.09. The zero-order valence-corrected chi connectivity index (χ0v) is 23.8. The topological polar surface area (TPSA) is 112 Å². The lowest BCUT2D eigenvalue weighted by atomic mass is 10.1. The fraction of sp³-hybridized carbons (Fsp3) is 0.267. The Bertz CT molecular complexity index is 1590. The highest BCUT2D eigenvalue weighted by atomic mass is 35.5. The van der Waals surface area contributed by atoms with Gasteiger partial charge in [0.15, 0.2) is 0 Å². The van der Waals surface area contributed by atoms with Crippen molar-refractivity contribution in [3.05, 3.63) is 77.0 Å². The first-order valence-electron chi connectivity index (χ1n) is 13.0. The monoisotopic (exact) mass is 576 g/mol. The van der Waals surface area contributed by atoms with E-state index in [2.05, 4.69) is 26.7 Å². The van der Waals surface area contributed by atoms with Gasteiger partial charge in [-0.05, 0) is 70.4 Å². The van der Waals surface area contributed by atoms with Crippen molar-refractivity contribution in [2.75, 3.05) is 37.9 Å². The summed E-state index contributed by atoms with van der Waals surface area (Å²) in [5, 5.41) is 16.9. The average molecular weight is 577 g/mol. The summed E-state index contributed by atoms with van der Waals surface area (Å²) < 4.78 is 25.4. The summed E-state index contributed by atoms with van der Waals surface area (Å²) >= 11 is 6.47. The number of nitrogens with one attached hydrogen (secondary N) is 2. The molecule has 0 atom stereocenters. The first kappa shape index (κ1) is 29.5. The quantitative estimate of drug-likeness (QED) is 0.202. The van der Waals surface area contributed by atoms with E-state index in [1.807, 2.05) is 25.9 Å². The number of carbonyl (C=O) groups is 1. The summed E-state index contributed by atoms with van der Waals surface area (Å²) in [6, 6.07) is 13.5. The first-order valence-corrected chi connectivity index (χ1v) is 13.4. The van der Waals surface area contributed by atoms with Gasteiger partial charge in [-0.3, -0.25) is 14.8 Å². The molecule has 1 amide bonds. The van der Waals surface area contributed by atoms with Crippen molar-refractivity contribution < 1.29 is 18.7 Å². The zero-order valence-electron chi connectivity index (χ0n) is 23.0. The Morgan fingerprint density at radius 1 is 1.15 bits per heavy atom. The average Bonchev–Trinajstić information content (AvgIpc) is 2.94. The molecule has 0 spiro atoms. The first-order chi connectivity index (χ1) is 19.8. The number of nitrogens with zero attached hydrogens (tertiary/aromatic N) is 4. The molecule has 0 aliphatic rings. The predicted octanol–water partition coefficient (Wildman–Crippen LogP) is 6.30. The summed E-state index contributed by atoms with van der Waals surface area (Å²) in [5.41, 5.74) is 2.59. The van der Waals surface area contributed by atoms with Crippen molar-refractivity contribution in [3.63, 3.8) is 0 Å². The van der Waals surface area contributed by atoms with E-state index in [4.69, 9.17) is 21.1 Å². The smallest absolute Gasteiger partial charge is 0.224 e. The molecule has 2 N–H and O–H groups in total. The minimum atomic E-state index is -0.466. The van der Waals surface area contributed by atoms with Gasteiger partial charge in [0, 0.05) is 36.0 Å². The zero-order chi connectivity index (χ0) is 29.4. The molecular weight excluding hydrogens is 547 g/mol. The molecule has 2 aromatic heterocycles. The number of hydrogen-bond donors (Lipinski definition) is 2. The normalized spacial score (nSPS) is 10.9. The number of halogens is 2. The van der Waals surface area contributed by atoms with Gasteiger partial charge in [0.2, 0.25) is 5.91 Å². The Balaban J connectivity index is 1.62. The van der Waals surface area contributed by atoms with E-state index in [-0.39, 0.29) is 23.2 Å². The van der Waals surface area contributed by atoms with Crippen molar-refractivity contribution in [2.45, 2.75) is 26.4 Å². The van der Waals surface area contributed by atoms with Gasteiger partial charge in [0.25, 0.3) is 0 Å². The van der Waals surface area contributed by atoms with Crippen molar-refractivity contribution in [2.24, 2.45) is 0 Å². The number of ether oxygens (including phenoxy) is 2. The second-order valence-corrected chi connectivity index (χ2v) is 9.81. The molecule has 0 aliphatic carbocycles. The Morgan fingerprint density at radius 3 is 2.68 bits per heavy atom. The minimum absolute atomic E-state index is 0.0848. The molecular formula is C30H30ClFN6O3. The van der Waals surface area contributed by atoms with Crippen LogP contribution in [0.5, 0.6) is 11.5 Å². The Kier molecular flexibility index (Phi) is 9.90. The van der Waals surface area contributed by atoms with Crippen LogP contribution in [-0.2, 0) is 11.4 Å². The van der Waals surface area contributed by atoms with Crippen LogP contribution in [0.2, 0.25) is 5.02 Å². The van der Waals surface area contributed by atoms with E-state index >= 15 is 0 Å². The molecule has 4 rings (SSSR count). The van der Waals surface area contributed by atoms with Crippen molar-refractivity contribution in [1.29, 1.82) is 5.26 Å². The predicted molar refractivity (Wildman–Crippen MR) is 157 cm³/mol. The van der Waals surface area contributed by atoms with Crippen molar-refractivity contribution in [1.82, 2.24) is 14.9 Å². The summed E-state index contributed by atoms with van der Waals surface area (Å²) in [6.45, 7) is 2.96. The summed E-state index contributed by atoms with van der Waals surface area (Å²) in [4.78, 5) is 23.1. The van der Waals surface area contributed by atoms with Crippen LogP contribution in [0.15, 0.2) is 54.9 Å². The van der Waals surface area contributed by atoms with Crippen LogP contribution < -0.4 is 20.1 Å². The van der Waals surface area contributed by atoms with Crippen molar-refractivity contribution >= 4 is 45.5 Å². The van der Waals surface area contributed by atoms with Crippen LogP contribution in [0.4, 0.5) is 21.5 Å². The van der Waals surface area contributed by atoms with Gasteiger partial charge in [0.05, 0.1) is 34.1 Å². The third-order valence-corrected chi connectivity index (χ3v) is 6.37. The van der Waals surface area contributed by atoms with Crippen LogP contribution in [0.1, 0.15) is 31.0 Å². The molecule has 9 nitrogen and oxygen atoms in total. The molecule has 0 aliphatic heterocycles. The number of nitriles is 1. The lowest BCUT2D eigenvalue weighted by Crippen LogP contribution is -2.17. The van der Waals surface area contributed by atoms with Crippen LogP contribution >= 0.6 is 11.6 Å². The SMILES string of the molecule is CCOc1cc2ncc(C#N)c(Nc3ccc(OCc4ncccc4F)c(Cl)c3)c2cc1NC(=O)CCCN(C)C. The molecule has 4 aromatic rings. The molecule has 11 heteroatoms. The third-order valence-electron chi connectivity index (χ3n) is 6.07. The highest BCUT2D eigenvalue weighted by molar-refractivity contribution is 6.32. The fourth-order valence-corrected chi connectivity index (χ4v) is 4.33. The molecule has 0 saturated carbocycles. The second-order valence-electron chi connectivity index (χ2n) is 9.40. The van der Waals surface area contributed by atoms with Crippen LogP contribution in [0.25, 0.3) is 10.9 Å². The molecule has 0 bridgehead atoms. The van der Waals surface area contributed by atoms with Gasteiger partial charge in [0.1, 0.15) is 35.7 Å². The summed E-state index contributed by atoms with van der Waals surface area (Å²) in [6.07, 6.45) is 4.02. The number of rotatable bonds is 12. The number of benzene rings is 2. The van der Waals surface area contributed by atoms with E-state index in [1.165, 1.54) is 24.5 Å². The third kappa shape index (κ3) is 7.60. The highest BCUT2D eigenvalue weighted by Gasteiger charge is 2.16. The van der Waals surface area contributed by atoms with Gasteiger partial charge in [-0.15, -0.1) is 0 Å². The van der Waals surface area contributed by atoms with Gasteiger partial charge in [-0.1, -0.05) is 11.6 Å². The van der Waals surface area contributed by atoms with Crippen molar-refractivity contribution in [3.8, 4) is 17.6 Å². The number of pyridine rings is 2. The molecule has 41 heavy (non-hydrogen) atoms. The number of anilines is 3. The lowest BCUT2D eigenvalue weighted by molar-refractivity contribution is -0.116. The molecule has 0 fully saturated rings. The number of carbonyl (C=O) groups excluding carboxylic acids is 1. The Labute approximate surface area is 242 Å². The van der Waals surface area contributed by atoms with Crippen LogP contribution in [-0.4, -0.2) is 48.0 Å².